The van der Waals surface area contributed by atoms with Crippen molar-refractivity contribution in [3.63, 3.8) is 0 Å². The van der Waals surface area contributed by atoms with Crippen LogP contribution < -0.4 is 5.32 Å². The molecule has 0 fully saturated rings. The highest BCUT2D eigenvalue weighted by atomic mass is 32.1. The summed E-state index contributed by atoms with van der Waals surface area (Å²) in [4.78, 5) is 34.6. The van der Waals surface area contributed by atoms with E-state index in [0.717, 1.165) is 32.8 Å². The zero-order chi connectivity index (χ0) is 26.7. The van der Waals surface area contributed by atoms with Crippen LogP contribution in [0.5, 0.6) is 0 Å². The van der Waals surface area contributed by atoms with Gasteiger partial charge in [0.05, 0.1) is 21.8 Å². The number of methoxy groups -OCH3 is 1. The predicted octanol–water partition coefficient (Wildman–Crippen LogP) is 4.95. The number of halogens is 3. The summed E-state index contributed by atoms with van der Waals surface area (Å²) in [6, 6.07) is 6.74. The largest absolute Gasteiger partial charge is 0.428 e. The summed E-state index contributed by atoms with van der Waals surface area (Å²) < 4.78 is 49.9. The molecule has 1 unspecified atom stereocenters. The van der Waals surface area contributed by atoms with Crippen molar-refractivity contribution >= 4 is 45.3 Å². The highest BCUT2D eigenvalue weighted by Gasteiger charge is 2.31. The van der Waals surface area contributed by atoms with Gasteiger partial charge in [0.1, 0.15) is 11.6 Å². The second kappa shape index (κ2) is 10.9. The molecule has 4 rings (SSSR count). The van der Waals surface area contributed by atoms with E-state index in [-0.39, 0.29) is 6.47 Å². The summed E-state index contributed by atoms with van der Waals surface area (Å²) in [5.74, 6) is 0.648. The number of hydrogen-bond acceptors (Lipinski definition) is 8. The fourth-order valence-corrected chi connectivity index (χ4v) is 5.20. The van der Waals surface area contributed by atoms with Crippen molar-refractivity contribution < 1.29 is 32.2 Å². The Morgan fingerprint density at radius 3 is 2.70 bits per heavy atom. The van der Waals surface area contributed by atoms with Gasteiger partial charge in [0, 0.05) is 25.1 Å². The van der Waals surface area contributed by atoms with Crippen LogP contribution in [0.4, 0.5) is 19.0 Å². The number of ether oxygens (including phenoxy) is 2. The maximum Gasteiger partial charge on any atom is 0.416 e. The number of carbonyl (C=O) groups excluding carboxylic acids is 2. The Morgan fingerprint density at radius 2 is 2.05 bits per heavy atom. The molecular weight excluding hydrogens is 509 g/mol. The van der Waals surface area contributed by atoms with Gasteiger partial charge < -0.3 is 19.7 Å². The predicted molar refractivity (Wildman–Crippen MR) is 133 cm³/mol. The Kier molecular flexibility index (Phi) is 7.79. The number of aromatic nitrogens is 2. The first-order chi connectivity index (χ1) is 17.6. The van der Waals surface area contributed by atoms with Crippen LogP contribution in [0, 0.1) is 6.92 Å². The lowest BCUT2D eigenvalue weighted by atomic mass is 10.0. The summed E-state index contributed by atoms with van der Waals surface area (Å²) >= 11 is 1.48. The lowest BCUT2D eigenvalue weighted by Crippen LogP contribution is -2.43. The van der Waals surface area contributed by atoms with E-state index in [9.17, 15) is 22.8 Å². The van der Waals surface area contributed by atoms with Gasteiger partial charge in [-0.1, -0.05) is 18.2 Å². The molecule has 3 aromatic rings. The van der Waals surface area contributed by atoms with E-state index >= 15 is 0 Å². The van der Waals surface area contributed by atoms with Crippen molar-refractivity contribution in [1.82, 2.24) is 14.9 Å². The topological polar surface area (TPSA) is 93.7 Å². The van der Waals surface area contributed by atoms with E-state index in [1.165, 1.54) is 24.5 Å². The van der Waals surface area contributed by atoms with Gasteiger partial charge in [-0.25, -0.2) is 9.97 Å². The number of alkyl halides is 3. The van der Waals surface area contributed by atoms with Gasteiger partial charge in [-0.05, 0) is 49.6 Å². The molecule has 0 saturated heterocycles. The zero-order valence-electron chi connectivity index (χ0n) is 20.3. The second-order valence-corrected chi connectivity index (χ2v) is 9.55. The van der Waals surface area contributed by atoms with Crippen molar-refractivity contribution in [2.24, 2.45) is 0 Å². The van der Waals surface area contributed by atoms with Crippen molar-refractivity contribution in [1.29, 1.82) is 0 Å². The molecule has 1 amide bonds. The minimum atomic E-state index is -4.42. The van der Waals surface area contributed by atoms with Crippen LogP contribution in [0.3, 0.4) is 0 Å². The molecule has 0 saturated carbocycles. The van der Waals surface area contributed by atoms with E-state index in [1.807, 2.05) is 12.1 Å². The van der Waals surface area contributed by atoms with Gasteiger partial charge >= 0.3 is 6.18 Å². The Hall–Kier alpha value is -3.51. The van der Waals surface area contributed by atoms with Crippen LogP contribution in [-0.2, 0) is 25.2 Å². The Labute approximate surface area is 215 Å². The third kappa shape index (κ3) is 5.91. The number of nitrogens with zero attached hydrogens (tertiary/aromatic N) is 3. The lowest BCUT2D eigenvalue weighted by molar-refractivity contribution is -0.178. The fourth-order valence-electron chi connectivity index (χ4n) is 4.08. The van der Waals surface area contributed by atoms with Crippen LogP contribution in [0.2, 0.25) is 0 Å². The van der Waals surface area contributed by atoms with Crippen molar-refractivity contribution in [2.45, 2.75) is 38.8 Å². The van der Waals surface area contributed by atoms with E-state index < -0.39 is 30.0 Å². The molecule has 1 N–H and O–H groups in total. The monoisotopic (exact) mass is 534 g/mol. The number of anilines is 1. The summed E-state index contributed by atoms with van der Waals surface area (Å²) in [6.45, 7) is 4.46. The molecule has 2 atom stereocenters. The van der Waals surface area contributed by atoms with Gasteiger partial charge in [-0.15, -0.1) is 11.3 Å². The molecule has 3 heterocycles. The molecule has 8 nitrogen and oxygen atoms in total. The van der Waals surface area contributed by atoms with Crippen molar-refractivity contribution in [3.05, 3.63) is 58.2 Å². The Bertz CT molecular complexity index is 1340. The number of benzene rings is 1. The number of fused-ring (bicyclic) bond motifs is 1. The number of carbonyl (C=O) groups is 2. The first-order valence-corrected chi connectivity index (χ1v) is 12.2. The van der Waals surface area contributed by atoms with E-state index in [0.29, 0.717) is 36.7 Å². The van der Waals surface area contributed by atoms with Gasteiger partial charge in [-0.3, -0.25) is 9.59 Å². The number of amides is 1. The molecule has 0 radical (unpaired) electrons. The van der Waals surface area contributed by atoms with E-state index in [4.69, 9.17) is 4.74 Å². The molecule has 37 heavy (non-hydrogen) atoms. The normalized spacial score (nSPS) is 15.7. The molecule has 1 aliphatic heterocycles. The van der Waals surface area contributed by atoms with Gasteiger partial charge in [0.15, 0.2) is 0 Å². The summed E-state index contributed by atoms with van der Waals surface area (Å²) in [5, 5.41) is 3.25. The lowest BCUT2D eigenvalue weighted by Gasteiger charge is -2.28. The highest BCUT2D eigenvalue weighted by Crippen LogP contribution is 2.37. The molecule has 12 heteroatoms. The average molecular weight is 535 g/mol. The third-order valence-electron chi connectivity index (χ3n) is 5.98. The molecule has 1 aliphatic rings. The van der Waals surface area contributed by atoms with E-state index in [1.54, 1.807) is 24.8 Å². The molecule has 1 aromatic carbocycles. The minimum absolute atomic E-state index is 0.178. The van der Waals surface area contributed by atoms with Gasteiger partial charge in [0.2, 0.25) is 0 Å². The standard InChI is InChI=1S/C25H25F3N4O4S/c1-14(17-5-4-6-18(11-17)25(26,27)28)29-22-21-19(30-15(2)31-22)12-20(37-21)16-7-9-32(10-8-16)23(34)24(35-3)36-13-33/h4-7,11-14,24H,8-10H2,1-3H3,(H,29,30,31)/t14-,24?/m1/s1. The number of nitrogens with one attached hydrogen (secondary N) is 1. The van der Waals surface area contributed by atoms with Crippen molar-refractivity contribution in [3.8, 4) is 0 Å². The minimum Gasteiger partial charge on any atom is -0.428 e. The molecule has 196 valence electrons. The number of aryl methyl sites for hydroxylation is 1. The summed E-state index contributed by atoms with van der Waals surface area (Å²) in [5.41, 5.74) is 1.55. The number of rotatable bonds is 8. The van der Waals surface area contributed by atoms with Crippen LogP contribution in [0.25, 0.3) is 15.8 Å². The second-order valence-electron chi connectivity index (χ2n) is 8.50. The third-order valence-corrected chi connectivity index (χ3v) is 7.19. The fraction of sp³-hybridized carbons (Fsp3) is 0.360. The molecule has 0 bridgehead atoms. The summed E-state index contributed by atoms with van der Waals surface area (Å²) in [7, 11) is 1.29. The molecular formula is C25H25F3N4O4S. The van der Waals surface area contributed by atoms with Crippen molar-refractivity contribution in [2.75, 3.05) is 25.5 Å². The first kappa shape index (κ1) is 26.6. The highest BCUT2D eigenvalue weighted by molar-refractivity contribution is 7.20. The van der Waals surface area contributed by atoms with Crippen LogP contribution in [0.1, 0.15) is 41.2 Å². The van der Waals surface area contributed by atoms with Crippen LogP contribution >= 0.6 is 11.3 Å². The number of thiophene rings is 1. The zero-order valence-corrected chi connectivity index (χ0v) is 21.2. The van der Waals surface area contributed by atoms with Crippen LogP contribution in [0.15, 0.2) is 36.4 Å². The maximum absolute atomic E-state index is 13.2. The Balaban J connectivity index is 1.56. The van der Waals surface area contributed by atoms with Gasteiger partial charge in [0.25, 0.3) is 18.7 Å². The average Bonchev–Trinajstić information content (AvgIpc) is 3.31. The Morgan fingerprint density at radius 1 is 1.27 bits per heavy atom. The summed E-state index contributed by atoms with van der Waals surface area (Å²) in [6.07, 6.45) is -3.19. The molecule has 2 aromatic heterocycles. The first-order valence-electron chi connectivity index (χ1n) is 11.4. The molecule has 0 aliphatic carbocycles. The molecule has 0 spiro atoms. The maximum atomic E-state index is 13.2. The smallest absolute Gasteiger partial charge is 0.416 e. The quantitative estimate of drug-likeness (QED) is 0.323. The van der Waals surface area contributed by atoms with E-state index in [2.05, 4.69) is 20.0 Å². The SMILES string of the molecule is COC(OC=O)C(=O)N1CC=C(c2cc3nc(C)nc(N[C@H](C)c4cccc(C(F)(F)F)c4)c3s2)CC1. The van der Waals surface area contributed by atoms with Gasteiger partial charge in [-0.2, -0.15) is 13.2 Å². The van der Waals surface area contributed by atoms with Crippen LogP contribution in [-0.4, -0.2) is 53.7 Å². The number of hydrogen-bond donors (Lipinski definition) is 1.